The molecule has 1 heteroatoms. The zero-order chi connectivity index (χ0) is 8.97. The molecular weight excluding hydrogens is 146 g/mol. The molecule has 0 aromatic carbocycles. The summed E-state index contributed by atoms with van der Waals surface area (Å²) >= 11 is 0. The minimum absolute atomic E-state index is 0.800. The second kappa shape index (κ2) is 4.76. The lowest BCUT2D eigenvalue weighted by atomic mass is 9.85. The smallest absolute Gasteiger partial charge is 0.153 e. The van der Waals surface area contributed by atoms with Gasteiger partial charge in [0.15, 0.2) is 6.04 Å². The van der Waals surface area contributed by atoms with Crippen molar-refractivity contribution in [3.8, 4) is 0 Å². The molecule has 1 unspecified atom stereocenters. The molecule has 0 saturated heterocycles. The first-order valence-electron chi connectivity index (χ1n) is 5.36. The van der Waals surface area contributed by atoms with Crippen molar-refractivity contribution < 1.29 is 0 Å². The lowest BCUT2D eigenvalue weighted by molar-refractivity contribution is 0.191. The molecule has 1 nitrogen and oxygen atoms in total. The van der Waals surface area contributed by atoms with E-state index in [2.05, 4.69) is 25.7 Å². The summed E-state index contributed by atoms with van der Waals surface area (Å²) in [5.74, 6) is 1.71. The fraction of sp³-hybridized carbons (Fsp3) is 0.909. The zero-order valence-electron chi connectivity index (χ0n) is 8.77. The van der Waals surface area contributed by atoms with Gasteiger partial charge in [0.25, 0.3) is 0 Å². The Hall–Kier alpha value is -0.170. The second-order valence-corrected chi connectivity index (χ2v) is 3.83. The fourth-order valence-electron chi connectivity index (χ4n) is 2.31. The van der Waals surface area contributed by atoms with Gasteiger partial charge < -0.3 is 0 Å². The van der Waals surface area contributed by atoms with Crippen LogP contribution in [0.15, 0.2) is 0 Å². The van der Waals surface area contributed by atoms with Gasteiger partial charge in [-0.05, 0) is 25.9 Å². The molecule has 0 N–H and O–H groups in total. The molecule has 1 fully saturated rings. The lowest BCUT2D eigenvalue weighted by Crippen LogP contribution is -2.40. The van der Waals surface area contributed by atoms with Gasteiger partial charge in [-0.1, -0.05) is 13.8 Å². The Labute approximate surface area is 77.1 Å². The summed E-state index contributed by atoms with van der Waals surface area (Å²) in [7, 11) is 0. The molecule has 0 aliphatic heterocycles. The molecule has 0 radical (unpaired) electrons. The van der Waals surface area contributed by atoms with Crippen molar-refractivity contribution in [2.75, 3.05) is 13.1 Å². The van der Waals surface area contributed by atoms with Crippen LogP contribution in [0.4, 0.5) is 0 Å². The Kier molecular flexibility index (Phi) is 3.93. The fourth-order valence-corrected chi connectivity index (χ4v) is 2.31. The molecule has 1 aliphatic carbocycles. The molecule has 1 saturated carbocycles. The van der Waals surface area contributed by atoms with Gasteiger partial charge in [-0.15, -0.1) is 0 Å². The van der Waals surface area contributed by atoms with E-state index in [1.807, 2.05) is 0 Å². The average molecular weight is 168 g/mol. The van der Waals surface area contributed by atoms with Gasteiger partial charge in [-0.2, -0.15) is 0 Å². The van der Waals surface area contributed by atoms with Crippen LogP contribution in [0.2, 0.25) is 0 Å². The third kappa shape index (κ3) is 2.16. The average Bonchev–Trinajstić information content (AvgIpc) is 2.10. The van der Waals surface area contributed by atoms with E-state index in [1.165, 1.54) is 38.8 Å². The highest BCUT2D eigenvalue weighted by atomic mass is 15.1. The highest BCUT2D eigenvalue weighted by molar-refractivity contribution is 5.00. The summed E-state index contributed by atoms with van der Waals surface area (Å²) in [6.07, 6.45) is 5.61. The minimum atomic E-state index is 0.800. The standard InChI is InChI=1S/C11H22N/c1-4-12(5-2)11-9-7-6-8-10(11)3/h11H,4-9H2,1-3H3/q+1. The van der Waals surface area contributed by atoms with E-state index in [1.54, 1.807) is 5.92 Å². The van der Waals surface area contributed by atoms with Crippen LogP contribution in [0.1, 0.15) is 46.5 Å². The maximum absolute atomic E-state index is 2.59. The Bertz CT molecular complexity index is 118. The van der Waals surface area contributed by atoms with Gasteiger partial charge in [-0.25, -0.2) is 0 Å². The van der Waals surface area contributed by atoms with E-state index in [4.69, 9.17) is 0 Å². The Morgan fingerprint density at radius 3 is 2.42 bits per heavy atom. The highest BCUT2D eigenvalue weighted by Gasteiger charge is 2.34. The van der Waals surface area contributed by atoms with Crippen molar-refractivity contribution in [1.82, 2.24) is 4.90 Å². The minimum Gasteiger partial charge on any atom is -0.263 e. The molecule has 70 valence electrons. The molecule has 1 atom stereocenters. The zero-order valence-corrected chi connectivity index (χ0v) is 8.77. The molecule has 12 heavy (non-hydrogen) atoms. The van der Waals surface area contributed by atoms with Crippen molar-refractivity contribution in [2.24, 2.45) is 0 Å². The van der Waals surface area contributed by atoms with E-state index in [9.17, 15) is 0 Å². The predicted octanol–water partition coefficient (Wildman–Crippen LogP) is 2.87. The van der Waals surface area contributed by atoms with Crippen LogP contribution in [0.3, 0.4) is 0 Å². The normalized spacial score (nSPS) is 25.0. The Morgan fingerprint density at radius 2 is 1.92 bits per heavy atom. The van der Waals surface area contributed by atoms with Gasteiger partial charge in [0.2, 0.25) is 0 Å². The third-order valence-electron chi connectivity index (χ3n) is 3.12. The van der Waals surface area contributed by atoms with Gasteiger partial charge in [0.1, 0.15) is 5.92 Å². The van der Waals surface area contributed by atoms with Crippen LogP contribution >= 0.6 is 0 Å². The van der Waals surface area contributed by atoms with Gasteiger partial charge in [-0.3, -0.25) is 4.90 Å². The Morgan fingerprint density at radius 1 is 1.25 bits per heavy atom. The monoisotopic (exact) mass is 168 g/mol. The van der Waals surface area contributed by atoms with E-state index in [-0.39, 0.29) is 0 Å². The summed E-state index contributed by atoms with van der Waals surface area (Å²) in [6, 6.07) is 0.800. The number of hydrogen-bond donors (Lipinski definition) is 0. The summed E-state index contributed by atoms with van der Waals surface area (Å²) in [5.41, 5.74) is 0. The predicted molar refractivity (Wildman–Crippen MR) is 54.1 cm³/mol. The molecule has 0 bridgehead atoms. The van der Waals surface area contributed by atoms with Crippen LogP contribution < -0.4 is 0 Å². The number of nitrogens with zero attached hydrogens (tertiary/aromatic N) is 1. The van der Waals surface area contributed by atoms with Crippen LogP contribution in [0, 0.1) is 5.92 Å². The molecule has 0 heterocycles. The van der Waals surface area contributed by atoms with Crippen molar-refractivity contribution >= 4 is 0 Å². The highest BCUT2D eigenvalue weighted by Crippen LogP contribution is 2.29. The SMILES string of the molecule is CCN(CC)C1CCCC[C+]1C. The van der Waals surface area contributed by atoms with Crippen LogP contribution in [-0.2, 0) is 0 Å². The molecule has 0 aromatic heterocycles. The van der Waals surface area contributed by atoms with Crippen molar-refractivity contribution in [3.05, 3.63) is 5.92 Å². The molecule has 0 amide bonds. The summed E-state index contributed by atoms with van der Waals surface area (Å²) in [6.45, 7) is 9.29. The van der Waals surface area contributed by atoms with Crippen molar-refractivity contribution in [1.29, 1.82) is 0 Å². The second-order valence-electron chi connectivity index (χ2n) is 3.83. The largest absolute Gasteiger partial charge is 0.263 e. The molecule has 1 rings (SSSR count). The van der Waals surface area contributed by atoms with E-state index >= 15 is 0 Å². The molecule has 0 aromatic rings. The first kappa shape index (κ1) is 9.91. The first-order valence-corrected chi connectivity index (χ1v) is 5.36. The maximum atomic E-state index is 2.59. The van der Waals surface area contributed by atoms with Gasteiger partial charge in [0, 0.05) is 6.42 Å². The van der Waals surface area contributed by atoms with Crippen LogP contribution in [0.25, 0.3) is 0 Å². The van der Waals surface area contributed by atoms with Crippen molar-refractivity contribution in [3.63, 3.8) is 0 Å². The van der Waals surface area contributed by atoms with E-state index in [0.717, 1.165) is 6.04 Å². The molecular formula is C11H22N+. The lowest BCUT2D eigenvalue weighted by Gasteiger charge is -2.29. The van der Waals surface area contributed by atoms with Crippen LogP contribution in [0.5, 0.6) is 0 Å². The van der Waals surface area contributed by atoms with E-state index < -0.39 is 0 Å². The summed E-state index contributed by atoms with van der Waals surface area (Å²) in [5, 5.41) is 0. The first-order chi connectivity index (χ1) is 5.79. The molecule has 1 aliphatic rings. The number of rotatable bonds is 3. The van der Waals surface area contributed by atoms with E-state index in [0.29, 0.717) is 0 Å². The summed E-state index contributed by atoms with van der Waals surface area (Å²) in [4.78, 5) is 2.59. The Balaban J connectivity index is 2.45. The van der Waals surface area contributed by atoms with Crippen molar-refractivity contribution in [2.45, 2.75) is 52.5 Å². The topological polar surface area (TPSA) is 3.24 Å². The maximum Gasteiger partial charge on any atom is 0.153 e. The number of hydrogen-bond acceptors (Lipinski definition) is 1. The quantitative estimate of drug-likeness (QED) is 0.586. The van der Waals surface area contributed by atoms with Crippen LogP contribution in [-0.4, -0.2) is 24.0 Å². The third-order valence-corrected chi connectivity index (χ3v) is 3.12. The van der Waals surface area contributed by atoms with Gasteiger partial charge in [0.05, 0.1) is 13.3 Å². The summed E-state index contributed by atoms with van der Waals surface area (Å²) < 4.78 is 0. The van der Waals surface area contributed by atoms with Gasteiger partial charge >= 0.3 is 0 Å². The molecule has 0 spiro atoms.